The molecule has 428 valence electrons. The third kappa shape index (κ3) is 6.66. The van der Waals surface area contributed by atoms with Gasteiger partial charge in [-0.25, -0.2) is 0 Å². The van der Waals surface area contributed by atoms with Crippen molar-refractivity contribution in [3.05, 3.63) is 249 Å². The Labute approximate surface area is 535 Å². The van der Waals surface area contributed by atoms with Crippen LogP contribution in [-0.4, -0.2) is 55.4 Å². The molecule has 6 aliphatic heterocycles. The molecule has 9 heteroatoms. The van der Waals surface area contributed by atoms with Crippen molar-refractivity contribution in [2.45, 2.75) is 0 Å². The van der Waals surface area contributed by atoms with Gasteiger partial charge in [0.05, 0.1) is 0 Å². The van der Waals surface area contributed by atoms with Gasteiger partial charge in [-0.15, -0.1) is 0 Å². The zero-order valence-corrected chi connectivity index (χ0v) is 51.6. The highest BCUT2D eigenvalue weighted by atomic mass is 15.2. The average molecular weight is 1170 g/mol. The lowest BCUT2D eigenvalue weighted by Crippen LogP contribution is -2.61. The number of hydrogen-bond donors (Lipinski definition) is 1. The SMILES string of the molecule is CN1c2cc3ccccc3cc2B2c3cc4ccccc4cc3N(C)c3cc(-c4ccc5ccc6c(c5c4)B4c5c(cc(-c7ccc8ccc9c(c8c7)B7c8cc%10ccccc%10cc8N(C)c8cccc(c87)N9C)cc5N(C)c5ccc7ccccc7c54)N6)cc1c32. The molecule has 0 atom stereocenters. The van der Waals surface area contributed by atoms with E-state index in [0.29, 0.717) is 0 Å². The first kappa shape index (κ1) is 50.7. The molecule has 1 N–H and O–H groups in total. The van der Waals surface area contributed by atoms with Gasteiger partial charge in [-0.3, -0.25) is 0 Å². The summed E-state index contributed by atoms with van der Waals surface area (Å²) in [5.74, 6) is 0. The molecule has 6 nitrogen and oxygen atoms in total. The van der Waals surface area contributed by atoms with Crippen molar-refractivity contribution in [2.75, 3.05) is 65.1 Å². The molecule has 0 amide bonds. The number of benzene rings is 15. The van der Waals surface area contributed by atoms with E-state index in [1.807, 2.05) is 0 Å². The van der Waals surface area contributed by atoms with Crippen molar-refractivity contribution in [3.63, 3.8) is 0 Å². The lowest BCUT2D eigenvalue weighted by Gasteiger charge is -2.42. The summed E-state index contributed by atoms with van der Waals surface area (Å²) in [6.07, 6.45) is 0. The fourth-order valence-corrected chi connectivity index (χ4v) is 17.9. The highest BCUT2D eigenvalue weighted by Gasteiger charge is 2.46. The fourth-order valence-electron chi connectivity index (χ4n) is 17.9. The summed E-state index contributed by atoms with van der Waals surface area (Å²) < 4.78 is 0. The summed E-state index contributed by atoms with van der Waals surface area (Å²) in [5.41, 5.74) is 31.7. The van der Waals surface area contributed by atoms with Crippen LogP contribution in [0.1, 0.15) is 0 Å². The van der Waals surface area contributed by atoms with Gasteiger partial charge in [-0.2, -0.15) is 0 Å². The number of nitrogens with one attached hydrogen (secondary N) is 1. The third-order valence-corrected chi connectivity index (χ3v) is 22.3. The maximum Gasteiger partial charge on any atom is 0.253 e. The quantitative estimate of drug-likeness (QED) is 0.174. The Kier molecular flexibility index (Phi) is 9.95. The fraction of sp³-hybridized carbons (Fsp3) is 0.0602. The standard InChI is InChI=1S/C83H57B3N6/c1-88-68-23-14-24-69-82(68)85(65-39-52-18-8-11-21-55(52)43-74(65)89(69)2)80-62-36-56(27-26-49(62)31-34-71(80)88)58-40-67-81-75(44-58)90(3)70-33-30-47-15-12-13-22-60(47)79(70)86(81)78-61-35-57(28-25-48(61)29-32-66(78)87-67)59-45-76-83-77(46-59)92(5)73-42-54-20-10-7-17-51(54)38-64(73)84(83)63-37-50-16-6-9-19-53(50)41-72(63)91(76)4/h6-46,87H,1-5H3. The normalized spacial score (nSPS) is 14.3. The van der Waals surface area contributed by atoms with Gasteiger partial charge < -0.3 is 29.8 Å². The lowest BCUT2D eigenvalue weighted by atomic mass is 9.32. The lowest BCUT2D eigenvalue weighted by molar-refractivity contribution is 1.18. The molecule has 0 saturated carbocycles. The first-order valence-electron chi connectivity index (χ1n) is 32.4. The van der Waals surface area contributed by atoms with E-state index in [1.165, 1.54) is 193 Å². The molecule has 0 aromatic heterocycles. The number of nitrogens with zero attached hydrogens (tertiary/aromatic N) is 5. The van der Waals surface area contributed by atoms with Crippen LogP contribution in [0.5, 0.6) is 0 Å². The Morgan fingerprint density at radius 1 is 0.217 bits per heavy atom. The molecule has 0 unspecified atom stereocenters. The van der Waals surface area contributed by atoms with Crippen molar-refractivity contribution < 1.29 is 0 Å². The molecule has 15 aromatic carbocycles. The minimum absolute atomic E-state index is 0.0472. The summed E-state index contributed by atoms with van der Waals surface area (Å²) in [5, 5.41) is 19.3. The molecule has 15 aromatic rings. The summed E-state index contributed by atoms with van der Waals surface area (Å²) in [6.45, 7) is 0.0558. The second-order valence-electron chi connectivity index (χ2n) is 26.7. The van der Waals surface area contributed by atoms with Crippen molar-refractivity contribution >= 4 is 202 Å². The van der Waals surface area contributed by atoms with E-state index in [-0.39, 0.29) is 20.1 Å². The minimum Gasteiger partial charge on any atom is -0.356 e. The Balaban J connectivity index is 0.746. The molecule has 0 spiro atoms. The van der Waals surface area contributed by atoms with Gasteiger partial charge in [0, 0.05) is 103 Å². The molecule has 0 saturated heterocycles. The van der Waals surface area contributed by atoms with Crippen LogP contribution >= 0.6 is 0 Å². The van der Waals surface area contributed by atoms with Gasteiger partial charge in [0.1, 0.15) is 0 Å². The van der Waals surface area contributed by atoms with Crippen LogP contribution in [0.4, 0.5) is 68.2 Å². The van der Waals surface area contributed by atoms with Gasteiger partial charge in [-0.1, -0.05) is 164 Å². The highest BCUT2D eigenvalue weighted by molar-refractivity contribution is 7.03. The molecule has 0 radical (unpaired) electrons. The largest absolute Gasteiger partial charge is 0.356 e. The minimum atomic E-state index is -0.0593. The van der Waals surface area contributed by atoms with Gasteiger partial charge >= 0.3 is 0 Å². The summed E-state index contributed by atoms with van der Waals surface area (Å²) in [6, 6.07) is 95.5. The summed E-state index contributed by atoms with van der Waals surface area (Å²) in [4.78, 5) is 12.3. The van der Waals surface area contributed by atoms with Gasteiger partial charge in [0.15, 0.2) is 0 Å². The predicted octanol–water partition coefficient (Wildman–Crippen LogP) is 14.0. The first-order chi connectivity index (χ1) is 45.2. The number of hydrogen-bond acceptors (Lipinski definition) is 6. The number of fused-ring (bicyclic) bond motifs is 21. The second-order valence-corrected chi connectivity index (χ2v) is 26.7. The van der Waals surface area contributed by atoms with Crippen LogP contribution in [0.15, 0.2) is 249 Å². The van der Waals surface area contributed by atoms with Gasteiger partial charge in [-0.05, 0) is 221 Å². The van der Waals surface area contributed by atoms with Crippen molar-refractivity contribution in [2.24, 2.45) is 0 Å². The van der Waals surface area contributed by atoms with Crippen LogP contribution in [0.2, 0.25) is 0 Å². The Morgan fingerprint density at radius 2 is 0.598 bits per heavy atom. The third-order valence-electron chi connectivity index (χ3n) is 22.3. The van der Waals surface area contributed by atoms with Gasteiger partial charge in [0.2, 0.25) is 0 Å². The predicted molar refractivity (Wildman–Crippen MR) is 399 cm³/mol. The maximum atomic E-state index is 4.18. The van der Waals surface area contributed by atoms with Crippen LogP contribution in [0.3, 0.4) is 0 Å². The van der Waals surface area contributed by atoms with E-state index < -0.39 is 0 Å². The number of rotatable bonds is 2. The van der Waals surface area contributed by atoms with Crippen LogP contribution in [0.25, 0.3) is 86.9 Å². The maximum absolute atomic E-state index is 4.18. The molecule has 0 aliphatic carbocycles. The van der Waals surface area contributed by atoms with Crippen molar-refractivity contribution in [1.82, 2.24) is 0 Å². The Hall–Kier alpha value is -11.1. The van der Waals surface area contributed by atoms with Crippen LogP contribution in [0, 0.1) is 0 Å². The van der Waals surface area contributed by atoms with E-state index in [1.54, 1.807) is 0 Å². The molecular weight excluding hydrogens is 1110 g/mol. The van der Waals surface area contributed by atoms with Crippen LogP contribution in [-0.2, 0) is 0 Å². The molecule has 6 aliphatic rings. The molecule has 21 rings (SSSR count). The van der Waals surface area contributed by atoms with E-state index in [4.69, 9.17) is 0 Å². The first-order valence-corrected chi connectivity index (χ1v) is 32.4. The molecule has 0 bridgehead atoms. The molecular formula is C83H57B3N6. The zero-order valence-electron chi connectivity index (χ0n) is 51.6. The summed E-state index contributed by atoms with van der Waals surface area (Å²) >= 11 is 0. The summed E-state index contributed by atoms with van der Waals surface area (Å²) in [7, 11) is 11.3. The van der Waals surface area contributed by atoms with E-state index >= 15 is 0 Å². The zero-order chi connectivity index (χ0) is 60.7. The Morgan fingerprint density at radius 3 is 1.15 bits per heavy atom. The molecule has 0 fully saturated rings. The average Bonchev–Trinajstić information content (AvgIpc) is 0.714. The van der Waals surface area contributed by atoms with E-state index in [0.717, 1.165) is 11.4 Å². The molecule has 6 heterocycles. The smallest absolute Gasteiger partial charge is 0.253 e. The molecule has 92 heavy (non-hydrogen) atoms. The number of anilines is 12. The second kappa shape index (κ2) is 18.1. The van der Waals surface area contributed by atoms with E-state index in [9.17, 15) is 0 Å². The highest BCUT2D eigenvalue weighted by Crippen LogP contribution is 2.46. The topological polar surface area (TPSA) is 28.2 Å². The van der Waals surface area contributed by atoms with Crippen LogP contribution < -0.4 is 79.0 Å². The van der Waals surface area contributed by atoms with Crippen molar-refractivity contribution in [3.8, 4) is 22.3 Å². The van der Waals surface area contributed by atoms with Crippen molar-refractivity contribution in [1.29, 1.82) is 0 Å². The van der Waals surface area contributed by atoms with E-state index in [2.05, 4.69) is 314 Å². The van der Waals surface area contributed by atoms with Gasteiger partial charge in [0.25, 0.3) is 20.1 Å². The monoisotopic (exact) mass is 1170 g/mol. The Bertz CT molecular complexity index is 5800.